The minimum Gasteiger partial charge on any atom is -0.495 e. The molecule has 0 amide bonds. The first-order chi connectivity index (χ1) is 9.86. The lowest BCUT2D eigenvalue weighted by molar-refractivity contribution is 0.290. The first-order valence-corrected chi connectivity index (χ1v) is 8.44. The van der Waals surface area contributed by atoms with Crippen LogP contribution in [0.1, 0.15) is 13.3 Å². The van der Waals surface area contributed by atoms with E-state index in [4.69, 9.17) is 10.5 Å². The van der Waals surface area contributed by atoms with Crippen LogP contribution in [0.15, 0.2) is 23.1 Å². The van der Waals surface area contributed by atoms with E-state index in [1.165, 1.54) is 13.2 Å². The van der Waals surface area contributed by atoms with Crippen molar-refractivity contribution in [2.24, 2.45) is 0 Å². The smallest absolute Gasteiger partial charge is 0.247 e. The number of nitrogens with zero attached hydrogens (tertiary/aromatic N) is 2. The lowest BCUT2D eigenvalue weighted by Gasteiger charge is -2.27. The molecule has 1 fully saturated rings. The molecule has 21 heavy (non-hydrogen) atoms. The molecule has 6 nitrogen and oxygen atoms in total. The third kappa shape index (κ3) is 3.30. The Labute approximate surface area is 126 Å². The molecule has 2 rings (SSSR count). The number of nitrogen functional groups attached to an aromatic ring is 1. The molecule has 1 aliphatic heterocycles. The molecule has 0 aromatic heterocycles. The van der Waals surface area contributed by atoms with E-state index in [2.05, 4.69) is 4.90 Å². The van der Waals surface area contributed by atoms with Crippen LogP contribution < -0.4 is 10.5 Å². The number of hydrogen-bond acceptors (Lipinski definition) is 5. The van der Waals surface area contributed by atoms with E-state index < -0.39 is 10.0 Å². The van der Waals surface area contributed by atoms with Crippen molar-refractivity contribution in [3.05, 3.63) is 18.2 Å². The largest absolute Gasteiger partial charge is 0.495 e. The molecular weight excluding hydrogens is 290 g/mol. The molecule has 0 spiro atoms. The molecule has 0 saturated carbocycles. The summed E-state index contributed by atoms with van der Waals surface area (Å²) >= 11 is 0. The van der Waals surface area contributed by atoms with Crippen molar-refractivity contribution in [3.63, 3.8) is 0 Å². The molecular formula is C14H23N3O3S. The summed E-state index contributed by atoms with van der Waals surface area (Å²) in [4.78, 5) is 2.29. The Morgan fingerprint density at radius 3 is 2.71 bits per heavy atom. The number of rotatable bonds is 3. The Morgan fingerprint density at radius 1 is 1.33 bits per heavy atom. The summed E-state index contributed by atoms with van der Waals surface area (Å²) in [6, 6.07) is 4.61. The van der Waals surface area contributed by atoms with Gasteiger partial charge in [-0.05, 0) is 45.1 Å². The lowest BCUT2D eigenvalue weighted by atomic mass is 10.3. The van der Waals surface area contributed by atoms with Crippen molar-refractivity contribution in [1.29, 1.82) is 0 Å². The summed E-state index contributed by atoms with van der Waals surface area (Å²) in [5.41, 5.74) is 6.16. The van der Waals surface area contributed by atoms with Crippen molar-refractivity contribution < 1.29 is 13.2 Å². The zero-order valence-corrected chi connectivity index (χ0v) is 13.6. The van der Waals surface area contributed by atoms with Gasteiger partial charge < -0.3 is 15.4 Å². The van der Waals surface area contributed by atoms with Crippen molar-refractivity contribution in [1.82, 2.24) is 9.21 Å². The van der Waals surface area contributed by atoms with Gasteiger partial charge in [0.25, 0.3) is 0 Å². The molecule has 2 N–H and O–H groups in total. The maximum atomic E-state index is 13.0. The van der Waals surface area contributed by atoms with E-state index in [0.29, 0.717) is 24.5 Å². The monoisotopic (exact) mass is 313 g/mol. The van der Waals surface area contributed by atoms with Crippen LogP contribution in [0, 0.1) is 0 Å². The molecule has 118 valence electrons. The van der Waals surface area contributed by atoms with Crippen molar-refractivity contribution in [2.45, 2.75) is 24.3 Å². The third-order valence-electron chi connectivity index (χ3n) is 3.76. The molecule has 0 radical (unpaired) electrons. The predicted molar refractivity (Wildman–Crippen MR) is 82.9 cm³/mol. The third-order valence-corrected chi connectivity index (χ3v) is 5.79. The van der Waals surface area contributed by atoms with Crippen molar-refractivity contribution in [2.75, 3.05) is 39.5 Å². The number of sulfonamides is 1. The summed E-state index contributed by atoms with van der Waals surface area (Å²) in [7, 11) is -0.151. The molecule has 0 bridgehead atoms. The first kappa shape index (κ1) is 16.1. The number of anilines is 1. The van der Waals surface area contributed by atoms with Gasteiger partial charge >= 0.3 is 0 Å². The minimum atomic E-state index is -3.62. The second kappa shape index (κ2) is 6.21. The van der Waals surface area contributed by atoms with Crippen LogP contribution >= 0.6 is 0 Å². The van der Waals surface area contributed by atoms with Gasteiger partial charge in [-0.3, -0.25) is 0 Å². The van der Waals surface area contributed by atoms with Crippen LogP contribution in [0.5, 0.6) is 5.75 Å². The zero-order valence-electron chi connectivity index (χ0n) is 12.7. The Kier molecular flexibility index (Phi) is 4.75. The van der Waals surface area contributed by atoms with Gasteiger partial charge in [-0.2, -0.15) is 4.31 Å². The second-order valence-electron chi connectivity index (χ2n) is 5.49. The average molecular weight is 313 g/mol. The number of nitrogens with two attached hydrogens (primary N) is 1. The number of ether oxygens (including phenoxy) is 1. The van der Waals surface area contributed by atoms with E-state index in [1.807, 2.05) is 14.0 Å². The van der Waals surface area contributed by atoms with Gasteiger partial charge in [0.1, 0.15) is 10.6 Å². The Hall–Kier alpha value is -1.31. The van der Waals surface area contributed by atoms with Crippen LogP contribution in [-0.2, 0) is 10.0 Å². The number of hydrogen-bond donors (Lipinski definition) is 1. The van der Waals surface area contributed by atoms with Crippen LogP contribution in [0.4, 0.5) is 5.69 Å². The van der Waals surface area contributed by atoms with Crippen LogP contribution in [0.3, 0.4) is 0 Å². The van der Waals surface area contributed by atoms with E-state index in [0.717, 1.165) is 13.0 Å². The molecule has 1 aromatic carbocycles. The predicted octanol–water partition coefficient (Wildman–Crippen LogP) is 0.992. The molecule has 0 aliphatic carbocycles. The standard InChI is InChI=1S/C14H23N3O3S/c1-11-10-16(2)7-4-8-17(11)21(18,19)14-9-12(15)5-6-13(14)20-3/h5-6,9,11H,4,7-8,10,15H2,1-3H3. The summed E-state index contributed by atoms with van der Waals surface area (Å²) in [6.07, 6.45) is 0.810. The number of methoxy groups -OCH3 is 1. The number of benzene rings is 1. The first-order valence-electron chi connectivity index (χ1n) is 7.00. The van der Waals surface area contributed by atoms with Crippen LogP contribution in [-0.4, -0.2) is 57.5 Å². The molecule has 1 atom stereocenters. The van der Waals surface area contributed by atoms with E-state index in [1.54, 1.807) is 16.4 Å². The molecule has 1 unspecified atom stereocenters. The highest BCUT2D eigenvalue weighted by Crippen LogP contribution is 2.30. The van der Waals surface area contributed by atoms with Gasteiger partial charge in [0.15, 0.2) is 0 Å². The fourth-order valence-electron chi connectivity index (χ4n) is 2.73. The summed E-state index contributed by atoms with van der Waals surface area (Å²) in [6.45, 7) is 4.04. The van der Waals surface area contributed by atoms with E-state index in [-0.39, 0.29) is 10.9 Å². The van der Waals surface area contributed by atoms with Crippen molar-refractivity contribution >= 4 is 15.7 Å². The minimum absolute atomic E-state index is 0.0892. The highest BCUT2D eigenvalue weighted by molar-refractivity contribution is 7.89. The topological polar surface area (TPSA) is 75.9 Å². The van der Waals surface area contributed by atoms with Gasteiger partial charge in [-0.1, -0.05) is 0 Å². The van der Waals surface area contributed by atoms with Gasteiger partial charge in [-0.15, -0.1) is 0 Å². The van der Waals surface area contributed by atoms with Crippen molar-refractivity contribution in [3.8, 4) is 5.75 Å². The maximum absolute atomic E-state index is 13.0. The van der Waals surface area contributed by atoms with Gasteiger partial charge in [-0.25, -0.2) is 8.42 Å². The van der Waals surface area contributed by atoms with Gasteiger partial charge in [0.2, 0.25) is 10.0 Å². The Morgan fingerprint density at radius 2 is 2.05 bits per heavy atom. The summed E-state index contributed by atoms with van der Waals surface area (Å²) < 4.78 is 32.7. The fourth-order valence-corrected chi connectivity index (χ4v) is 4.58. The zero-order chi connectivity index (χ0) is 15.6. The highest BCUT2D eigenvalue weighted by atomic mass is 32.2. The molecule has 1 saturated heterocycles. The molecule has 1 aliphatic rings. The van der Waals surface area contributed by atoms with E-state index in [9.17, 15) is 8.42 Å². The van der Waals surface area contributed by atoms with Crippen LogP contribution in [0.25, 0.3) is 0 Å². The molecule has 1 aromatic rings. The van der Waals surface area contributed by atoms with E-state index >= 15 is 0 Å². The Balaban J connectivity index is 2.43. The van der Waals surface area contributed by atoms with Gasteiger partial charge in [0.05, 0.1) is 7.11 Å². The fraction of sp³-hybridized carbons (Fsp3) is 0.571. The maximum Gasteiger partial charge on any atom is 0.247 e. The normalized spacial score (nSPS) is 22.0. The average Bonchev–Trinajstić information content (AvgIpc) is 2.59. The highest BCUT2D eigenvalue weighted by Gasteiger charge is 2.33. The SMILES string of the molecule is COc1ccc(N)cc1S(=O)(=O)N1CCCN(C)CC1C. The van der Waals surface area contributed by atoms with Gasteiger partial charge in [0, 0.05) is 24.8 Å². The number of likely N-dealkylation sites (N-methyl/N-ethyl adjacent to an activating group) is 1. The molecule has 1 heterocycles. The molecule has 7 heteroatoms. The summed E-state index contributed by atoms with van der Waals surface area (Å²) in [5.74, 6) is 0.328. The van der Waals surface area contributed by atoms with Crippen LogP contribution in [0.2, 0.25) is 0 Å². The lowest BCUT2D eigenvalue weighted by Crippen LogP contribution is -2.42. The summed E-state index contributed by atoms with van der Waals surface area (Å²) in [5, 5.41) is 0. The Bertz CT molecular complexity index is 603. The quantitative estimate of drug-likeness (QED) is 0.842. The second-order valence-corrected chi connectivity index (χ2v) is 7.35.